The number of nitrogens with one attached hydrogen (secondary N) is 1. The molecule has 26 heavy (non-hydrogen) atoms. The topological polar surface area (TPSA) is 64.6 Å². The fraction of sp³-hybridized carbons (Fsp3) is 0.368. The van der Waals surface area contributed by atoms with Gasteiger partial charge in [-0.3, -0.25) is 0 Å². The van der Waals surface area contributed by atoms with Gasteiger partial charge < -0.3 is 14.8 Å². The maximum atomic E-state index is 12.1. The Morgan fingerprint density at radius 2 is 2.04 bits per heavy atom. The molecule has 0 aliphatic heterocycles. The van der Waals surface area contributed by atoms with Crippen molar-refractivity contribution < 1.29 is 19.1 Å². The SMILES string of the molecule is CCOC(=O)c1sc2c(c1Br)CC(NC(=O)OCc1ccccc1)CC2. The molecule has 0 fully saturated rings. The standard InChI is InChI=1S/C19H20BrNO4S/c1-2-24-18(22)17-16(20)14-10-13(8-9-15(14)26-17)21-19(23)25-11-12-6-4-3-5-7-12/h3-7,13H,2,8-11H2,1H3,(H,21,23). The monoisotopic (exact) mass is 437 g/mol. The number of benzene rings is 1. The first-order valence-corrected chi connectivity index (χ1v) is 10.1. The van der Waals surface area contributed by atoms with Crippen LogP contribution in [0.1, 0.15) is 39.0 Å². The van der Waals surface area contributed by atoms with Crippen molar-refractivity contribution in [2.24, 2.45) is 0 Å². The van der Waals surface area contributed by atoms with Gasteiger partial charge in [0, 0.05) is 15.4 Å². The van der Waals surface area contributed by atoms with Crippen molar-refractivity contribution in [2.45, 2.75) is 38.8 Å². The molecule has 0 spiro atoms. The van der Waals surface area contributed by atoms with Crippen LogP contribution in [0.4, 0.5) is 4.79 Å². The molecule has 0 saturated carbocycles. The van der Waals surface area contributed by atoms with Gasteiger partial charge in [0.15, 0.2) is 0 Å². The van der Waals surface area contributed by atoms with Gasteiger partial charge in [-0.1, -0.05) is 30.3 Å². The van der Waals surface area contributed by atoms with Gasteiger partial charge in [-0.25, -0.2) is 9.59 Å². The predicted molar refractivity (Wildman–Crippen MR) is 104 cm³/mol. The van der Waals surface area contributed by atoms with E-state index >= 15 is 0 Å². The van der Waals surface area contributed by atoms with Crippen molar-refractivity contribution in [3.05, 3.63) is 55.7 Å². The second-order valence-corrected chi connectivity index (χ2v) is 7.91. The fourth-order valence-electron chi connectivity index (χ4n) is 2.93. The van der Waals surface area contributed by atoms with Crippen molar-refractivity contribution in [2.75, 3.05) is 6.61 Å². The number of carbonyl (C=O) groups excluding carboxylic acids is 2. The van der Waals surface area contributed by atoms with Crippen LogP contribution in [0.5, 0.6) is 0 Å². The van der Waals surface area contributed by atoms with Crippen LogP contribution in [-0.4, -0.2) is 24.7 Å². The number of rotatable bonds is 5. The molecule has 0 saturated heterocycles. The molecule has 0 radical (unpaired) electrons. The Morgan fingerprint density at radius 1 is 1.27 bits per heavy atom. The van der Waals surface area contributed by atoms with Crippen LogP contribution >= 0.6 is 27.3 Å². The van der Waals surface area contributed by atoms with E-state index in [9.17, 15) is 9.59 Å². The Hall–Kier alpha value is -1.86. The third kappa shape index (κ3) is 4.45. The number of alkyl carbamates (subject to hydrolysis) is 1. The van der Waals surface area contributed by atoms with Crippen LogP contribution < -0.4 is 5.32 Å². The quantitative estimate of drug-likeness (QED) is 0.700. The number of carbonyl (C=O) groups is 2. The number of halogens is 1. The lowest BCUT2D eigenvalue weighted by Gasteiger charge is -2.23. The van der Waals surface area contributed by atoms with E-state index in [4.69, 9.17) is 9.47 Å². The van der Waals surface area contributed by atoms with E-state index in [2.05, 4.69) is 21.2 Å². The largest absolute Gasteiger partial charge is 0.462 e. The highest BCUT2D eigenvalue weighted by atomic mass is 79.9. The van der Waals surface area contributed by atoms with Crippen LogP contribution in [0.3, 0.4) is 0 Å². The average Bonchev–Trinajstić information content (AvgIpc) is 2.98. The molecule has 3 rings (SSSR count). The first-order chi connectivity index (χ1) is 12.6. The Morgan fingerprint density at radius 3 is 2.77 bits per heavy atom. The highest BCUT2D eigenvalue weighted by Crippen LogP contribution is 2.38. The summed E-state index contributed by atoms with van der Waals surface area (Å²) in [6, 6.07) is 9.57. The first kappa shape index (κ1) is 18.9. The smallest absolute Gasteiger partial charge is 0.407 e. The van der Waals surface area contributed by atoms with E-state index in [1.165, 1.54) is 16.2 Å². The zero-order valence-electron chi connectivity index (χ0n) is 14.4. The summed E-state index contributed by atoms with van der Waals surface area (Å²) in [6.45, 7) is 2.39. The number of aryl methyl sites for hydroxylation is 1. The van der Waals surface area contributed by atoms with Crippen molar-refractivity contribution >= 4 is 39.3 Å². The number of esters is 1. The van der Waals surface area contributed by atoms with Crippen LogP contribution in [0.2, 0.25) is 0 Å². The minimum atomic E-state index is -0.417. The zero-order valence-corrected chi connectivity index (χ0v) is 16.8. The second kappa shape index (κ2) is 8.68. The molecule has 1 aliphatic rings. The van der Waals surface area contributed by atoms with Gasteiger partial charge in [-0.05, 0) is 53.2 Å². The first-order valence-electron chi connectivity index (χ1n) is 8.52. The minimum Gasteiger partial charge on any atom is -0.462 e. The molecule has 1 N–H and O–H groups in total. The van der Waals surface area contributed by atoms with E-state index in [0.717, 1.165) is 28.4 Å². The van der Waals surface area contributed by atoms with Crippen LogP contribution in [-0.2, 0) is 28.9 Å². The fourth-order valence-corrected chi connectivity index (χ4v) is 5.00. The summed E-state index contributed by atoms with van der Waals surface area (Å²) in [7, 11) is 0. The number of ether oxygens (including phenoxy) is 2. The molecule has 1 aromatic heterocycles. The molecule has 1 unspecified atom stereocenters. The number of hydrogen-bond acceptors (Lipinski definition) is 5. The second-order valence-electron chi connectivity index (χ2n) is 6.01. The maximum Gasteiger partial charge on any atom is 0.407 e. The summed E-state index contributed by atoms with van der Waals surface area (Å²) < 4.78 is 11.2. The normalized spacial score (nSPS) is 15.8. The molecule has 7 heteroatoms. The molecule has 5 nitrogen and oxygen atoms in total. The number of thiophene rings is 1. The van der Waals surface area contributed by atoms with E-state index < -0.39 is 6.09 Å². The number of amides is 1. The highest BCUT2D eigenvalue weighted by Gasteiger charge is 2.28. The van der Waals surface area contributed by atoms with Gasteiger partial charge in [-0.2, -0.15) is 0 Å². The summed E-state index contributed by atoms with van der Waals surface area (Å²) in [4.78, 5) is 25.9. The highest BCUT2D eigenvalue weighted by molar-refractivity contribution is 9.10. The van der Waals surface area contributed by atoms with Crippen molar-refractivity contribution in [1.82, 2.24) is 5.32 Å². The van der Waals surface area contributed by atoms with Gasteiger partial charge in [0.1, 0.15) is 11.5 Å². The van der Waals surface area contributed by atoms with Crippen molar-refractivity contribution in [3.8, 4) is 0 Å². The maximum absolute atomic E-state index is 12.1. The molecular formula is C19H20BrNO4S. The Kier molecular flexibility index (Phi) is 6.32. The summed E-state index contributed by atoms with van der Waals surface area (Å²) in [5, 5.41) is 2.93. The van der Waals surface area contributed by atoms with Crippen LogP contribution in [0.25, 0.3) is 0 Å². The summed E-state index contributed by atoms with van der Waals surface area (Å²) in [5.41, 5.74) is 2.03. The third-order valence-corrected chi connectivity index (χ3v) is 6.60. The molecule has 1 aliphatic carbocycles. The molecule has 2 aromatic rings. The predicted octanol–water partition coefficient (Wildman–Crippen LogP) is 4.47. The van der Waals surface area contributed by atoms with E-state index in [1.54, 1.807) is 6.92 Å². The summed E-state index contributed by atoms with van der Waals surface area (Å²) in [5.74, 6) is -0.300. The van der Waals surface area contributed by atoms with Crippen LogP contribution in [0.15, 0.2) is 34.8 Å². The van der Waals surface area contributed by atoms with Gasteiger partial charge in [0.25, 0.3) is 0 Å². The van der Waals surface area contributed by atoms with Gasteiger partial charge in [0.2, 0.25) is 0 Å². The lowest BCUT2D eigenvalue weighted by molar-refractivity contribution is 0.0531. The Labute approximate surface area is 164 Å². The lowest BCUT2D eigenvalue weighted by Crippen LogP contribution is -2.38. The molecule has 1 amide bonds. The van der Waals surface area contributed by atoms with E-state index in [0.29, 0.717) is 17.9 Å². The van der Waals surface area contributed by atoms with E-state index in [-0.39, 0.29) is 18.6 Å². The van der Waals surface area contributed by atoms with E-state index in [1.807, 2.05) is 30.3 Å². The summed E-state index contributed by atoms with van der Waals surface area (Å²) >= 11 is 5.00. The third-order valence-electron chi connectivity index (χ3n) is 4.19. The molecule has 138 valence electrons. The van der Waals surface area contributed by atoms with Crippen LogP contribution in [0, 0.1) is 0 Å². The zero-order chi connectivity index (χ0) is 18.5. The average molecular weight is 438 g/mol. The molecule has 1 aromatic carbocycles. The lowest BCUT2D eigenvalue weighted by atomic mass is 9.94. The van der Waals surface area contributed by atoms with Gasteiger partial charge in [0.05, 0.1) is 6.61 Å². The number of fused-ring (bicyclic) bond motifs is 1. The Bertz CT molecular complexity index is 790. The molecule has 1 heterocycles. The number of hydrogen-bond donors (Lipinski definition) is 1. The molecule has 1 atom stereocenters. The van der Waals surface area contributed by atoms with Gasteiger partial charge >= 0.3 is 12.1 Å². The van der Waals surface area contributed by atoms with Gasteiger partial charge in [-0.15, -0.1) is 11.3 Å². The molecular weight excluding hydrogens is 418 g/mol. The molecule has 0 bridgehead atoms. The van der Waals surface area contributed by atoms with Crippen molar-refractivity contribution in [3.63, 3.8) is 0 Å². The minimum absolute atomic E-state index is 0.00767. The van der Waals surface area contributed by atoms with Crippen molar-refractivity contribution in [1.29, 1.82) is 0 Å². The Balaban J connectivity index is 1.58. The summed E-state index contributed by atoms with van der Waals surface area (Å²) in [6.07, 6.45) is 1.90.